The third kappa shape index (κ3) is 43.9. The van der Waals surface area contributed by atoms with Gasteiger partial charge in [0.1, 0.15) is 6.61 Å². The molecular weight excluding hydrogens is 855 g/mol. The van der Waals surface area contributed by atoms with Crippen LogP contribution < -0.4 is 21.3 Å². The molecule has 0 radical (unpaired) electrons. The summed E-state index contributed by atoms with van der Waals surface area (Å²) in [5, 5.41) is 11.2. The molecule has 5 amide bonds. The summed E-state index contributed by atoms with van der Waals surface area (Å²) in [5.41, 5.74) is 0. The monoisotopic (exact) mass is 950 g/mol. The molecule has 0 atom stereocenters. The number of hydrogen-bond donors (Lipinski definition) is 4. The molecule has 4 aliphatic rings. The van der Waals surface area contributed by atoms with Crippen LogP contribution >= 0.6 is 0 Å². The van der Waals surface area contributed by atoms with E-state index >= 15 is 0 Å². The molecule has 0 aromatic carbocycles. The normalized spacial score (nSPS) is 14.6. The highest BCUT2D eigenvalue weighted by Crippen LogP contribution is 2.29. The SMILES string of the molecule is C#CCNC(=O)C(C)C.C=CCOC(=O)C(C)C.CC(C)C(=O)N1CCOCC1.CC(C)C(=O)NC1CC1.CC(C)C(=O)NCC1CC1.CC(C)C(=O)OCC1CC1.CC(C)NC(=O)C(C)C. The Morgan fingerprint density at radius 2 is 1.06 bits per heavy atom. The lowest BCUT2D eigenvalue weighted by molar-refractivity contribution is -0.148. The predicted molar refractivity (Wildman–Crippen MR) is 268 cm³/mol. The summed E-state index contributed by atoms with van der Waals surface area (Å²) in [4.78, 5) is 78.1. The van der Waals surface area contributed by atoms with E-state index in [-0.39, 0.29) is 88.9 Å². The van der Waals surface area contributed by atoms with Crippen molar-refractivity contribution >= 4 is 41.5 Å². The second kappa shape index (κ2) is 39.5. The van der Waals surface area contributed by atoms with E-state index in [1.165, 1.54) is 38.5 Å². The molecule has 1 heterocycles. The highest BCUT2D eigenvalue weighted by Gasteiger charge is 2.25. The van der Waals surface area contributed by atoms with Crippen LogP contribution in [0.3, 0.4) is 0 Å². The summed E-state index contributed by atoms with van der Waals surface area (Å²) in [6, 6.07) is 0.778. The minimum atomic E-state index is -0.171. The fraction of sp³-hybridized carbons (Fsp3) is 0.788. The minimum Gasteiger partial charge on any atom is -0.465 e. The van der Waals surface area contributed by atoms with Gasteiger partial charge in [-0.05, 0) is 64.2 Å². The lowest BCUT2D eigenvalue weighted by atomic mass is 10.2. The average molecular weight is 950 g/mol. The average Bonchev–Trinajstić information content (AvgIpc) is 4.11. The van der Waals surface area contributed by atoms with E-state index < -0.39 is 0 Å². The molecule has 4 rings (SSSR count). The van der Waals surface area contributed by atoms with Crippen LogP contribution in [0.2, 0.25) is 0 Å². The largest absolute Gasteiger partial charge is 0.465 e. The number of terminal acetylenes is 1. The number of carbonyl (C=O) groups excluding carboxylic acids is 7. The number of nitrogens with zero attached hydrogens (tertiary/aromatic N) is 1. The van der Waals surface area contributed by atoms with Gasteiger partial charge in [-0.15, -0.1) is 6.42 Å². The quantitative estimate of drug-likeness (QED) is 0.0703. The maximum atomic E-state index is 11.4. The highest BCUT2D eigenvalue weighted by molar-refractivity contribution is 5.79. The zero-order valence-corrected chi connectivity index (χ0v) is 44.6. The topological polar surface area (TPSA) is 199 Å². The molecule has 0 aromatic rings. The van der Waals surface area contributed by atoms with E-state index in [1.54, 1.807) is 19.9 Å². The van der Waals surface area contributed by atoms with Crippen LogP contribution in [-0.2, 0) is 47.8 Å². The maximum Gasteiger partial charge on any atom is 0.308 e. The molecule has 67 heavy (non-hydrogen) atoms. The van der Waals surface area contributed by atoms with E-state index in [1.807, 2.05) is 102 Å². The summed E-state index contributed by atoms with van der Waals surface area (Å²) < 4.78 is 14.8. The predicted octanol–water partition coefficient (Wildman–Crippen LogP) is 7.12. The van der Waals surface area contributed by atoms with Gasteiger partial charge in [-0.2, -0.15) is 0 Å². The Kier molecular flexibility index (Phi) is 39.4. The Morgan fingerprint density at radius 3 is 1.40 bits per heavy atom. The number of nitrogens with one attached hydrogen (secondary N) is 4. The van der Waals surface area contributed by atoms with Gasteiger partial charge in [0.2, 0.25) is 29.5 Å². The number of ether oxygens (including phenoxy) is 3. The van der Waals surface area contributed by atoms with E-state index in [0.717, 1.165) is 25.6 Å². The number of carbonyl (C=O) groups is 7. The van der Waals surface area contributed by atoms with Crippen molar-refractivity contribution in [3.63, 3.8) is 0 Å². The number of rotatable bonds is 16. The number of hydrogen-bond acceptors (Lipinski definition) is 10. The van der Waals surface area contributed by atoms with Crippen LogP contribution in [0.1, 0.15) is 149 Å². The third-order valence-electron chi connectivity index (χ3n) is 9.34. The first-order chi connectivity index (χ1) is 31.2. The molecule has 3 aliphatic carbocycles. The summed E-state index contributed by atoms with van der Waals surface area (Å²) >= 11 is 0. The number of morpholine rings is 1. The molecule has 1 aliphatic heterocycles. The van der Waals surface area contributed by atoms with E-state index in [0.29, 0.717) is 44.9 Å². The molecule has 4 fully saturated rings. The molecule has 1 saturated heterocycles. The molecule has 4 N–H and O–H groups in total. The Balaban J connectivity index is -0.000000714. The second-order valence-electron chi connectivity index (χ2n) is 19.6. The lowest BCUT2D eigenvalue weighted by Crippen LogP contribution is -2.42. The van der Waals surface area contributed by atoms with Crippen LogP contribution in [0.4, 0.5) is 0 Å². The van der Waals surface area contributed by atoms with Gasteiger partial charge < -0.3 is 40.4 Å². The fourth-order valence-electron chi connectivity index (χ4n) is 4.27. The van der Waals surface area contributed by atoms with Gasteiger partial charge in [0, 0.05) is 61.3 Å². The van der Waals surface area contributed by atoms with Crippen LogP contribution in [0.5, 0.6) is 0 Å². The van der Waals surface area contributed by atoms with Crippen LogP contribution in [0.25, 0.3) is 0 Å². The van der Waals surface area contributed by atoms with Gasteiger partial charge in [-0.1, -0.05) is 116 Å². The van der Waals surface area contributed by atoms with E-state index in [9.17, 15) is 33.6 Å². The zero-order chi connectivity index (χ0) is 52.2. The first-order valence-corrected chi connectivity index (χ1v) is 24.6. The Hall–Kier alpha value is -4.45. The fourth-order valence-corrected chi connectivity index (χ4v) is 4.27. The van der Waals surface area contributed by atoms with Gasteiger partial charge in [0.15, 0.2) is 0 Å². The van der Waals surface area contributed by atoms with Crippen molar-refractivity contribution in [3.05, 3.63) is 12.7 Å². The Bertz CT molecular complexity index is 1400. The lowest BCUT2D eigenvalue weighted by Gasteiger charge is -2.28. The summed E-state index contributed by atoms with van der Waals surface area (Å²) in [6.07, 6.45) is 13.9. The van der Waals surface area contributed by atoms with Crippen molar-refractivity contribution in [1.82, 2.24) is 26.2 Å². The summed E-state index contributed by atoms with van der Waals surface area (Å²) in [7, 11) is 0. The standard InChI is InChI=1S/C8H15NO2.C8H15NO.C8H14O2.C7H13NO.C7H15NO.C7H11NO.C7H12O2/c1-7(2)8(10)9-3-5-11-6-4-9;1-6(2)8(10)9-5-7-3-4-7;1-6(2)8(9)10-5-7-3-4-7;1-5(2)7(9)8-6-3-4-6;1-5(2)7(9)8-6(3)4;1-4-5-8-7(9)6(2)3;1-4-5-9-7(8)6(2)3/h7H,3-6H2,1-2H3;6-7H,3-5H2,1-2H3,(H,9,10);6-7H,3-5H2,1-2H3;5-6H,3-4H2,1-2H3,(H,8,9);5-6H,1-4H3,(H,8,9);1,6H,5H2,2-3H3,(H,8,9);4,6H,1,5H2,2-3H3. The minimum absolute atomic E-state index is 0.00736. The third-order valence-corrected chi connectivity index (χ3v) is 9.34. The molecule has 15 heteroatoms. The highest BCUT2D eigenvalue weighted by atomic mass is 16.5. The van der Waals surface area contributed by atoms with Crippen LogP contribution in [0.15, 0.2) is 12.7 Å². The molecule has 0 unspecified atom stereocenters. The molecule has 388 valence electrons. The molecule has 3 saturated carbocycles. The summed E-state index contributed by atoms with van der Waals surface area (Å²) in [6.45, 7) is 38.7. The molecule has 15 nitrogen and oxygen atoms in total. The van der Waals surface area contributed by atoms with Gasteiger partial charge >= 0.3 is 11.9 Å². The molecular formula is C52H95N5O10. The second-order valence-corrected chi connectivity index (χ2v) is 19.6. The van der Waals surface area contributed by atoms with E-state index in [4.69, 9.17) is 20.6 Å². The number of amides is 5. The van der Waals surface area contributed by atoms with Crippen molar-refractivity contribution in [3.8, 4) is 12.3 Å². The summed E-state index contributed by atoms with van der Waals surface area (Å²) in [5.74, 6) is 4.84. The van der Waals surface area contributed by atoms with Crippen molar-refractivity contribution in [2.45, 2.75) is 161 Å². The smallest absolute Gasteiger partial charge is 0.308 e. The van der Waals surface area contributed by atoms with Crippen molar-refractivity contribution in [2.75, 3.05) is 52.6 Å². The maximum absolute atomic E-state index is 11.4. The Labute approximate surface area is 406 Å². The Morgan fingerprint density at radius 1 is 0.612 bits per heavy atom. The van der Waals surface area contributed by atoms with Crippen molar-refractivity contribution < 1.29 is 47.8 Å². The molecule has 0 aromatic heterocycles. The van der Waals surface area contributed by atoms with Crippen LogP contribution in [-0.4, -0.2) is 111 Å². The first kappa shape index (κ1) is 66.8. The van der Waals surface area contributed by atoms with Gasteiger partial charge in [0.25, 0.3) is 0 Å². The molecule has 0 bridgehead atoms. The molecule has 0 spiro atoms. The first-order valence-electron chi connectivity index (χ1n) is 24.6. The van der Waals surface area contributed by atoms with Crippen LogP contribution in [0, 0.1) is 65.6 Å². The van der Waals surface area contributed by atoms with E-state index in [2.05, 4.69) is 33.8 Å². The van der Waals surface area contributed by atoms with Gasteiger partial charge in [0.05, 0.1) is 38.2 Å². The zero-order valence-electron chi connectivity index (χ0n) is 44.6. The van der Waals surface area contributed by atoms with Gasteiger partial charge in [-0.3, -0.25) is 33.6 Å². The van der Waals surface area contributed by atoms with Crippen molar-refractivity contribution in [2.24, 2.45) is 53.3 Å². The van der Waals surface area contributed by atoms with Crippen molar-refractivity contribution in [1.29, 1.82) is 0 Å². The number of esters is 2. The van der Waals surface area contributed by atoms with Gasteiger partial charge in [-0.25, -0.2) is 0 Å².